The van der Waals surface area contributed by atoms with E-state index >= 15 is 0 Å². The van der Waals surface area contributed by atoms with Crippen molar-refractivity contribution in [1.29, 1.82) is 0 Å². The molecule has 0 radical (unpaired) electrons. The van der Waals surface area contributed by atoms with Gasteiger partial charge in [0.1, 0.15) is 24.7 Å². The molecule has 0 aliphatic rings. The molecule has 0 aliphatic heterocycles. The monoisotopic (exact) mass is 351 g/mol. The predicted octanol–water partition coefficient (Wildman–Crippen LogP) is 4.12. The first-order valence-electron chi connectivity index (χ1n) is 6.32. The van der Waals surface area contributed by atoms with E-state index < -0.39 is 4.92 Å². The molecule has 0 aliphatic carbocycles. The summed E-state index contributed by atoms with van der Waals surface area (Å²) >= 11 is 3.37. The molecule has 21 heavy (non-hydrogen) atoms. The van der Waals surface area contributed by atoms with Crippen molar-refractivity contribution in [3.8, 4) is 11.5 Å². The lowest BCUT2D eigenvalue weighted by Gasteiger charge is -2.10. The van der Waals surface area contributed by atoms with E-state index in [2.05, 4.69) is 15.9 Å². The van der Waals surface area contributed by atoms with E-state index in [4.69, 9.17) is 9.47 Å². The smallest absolute Gasteiger partial charge is 0.269 e. The second kappa shape index (κ2) is 7.08. The summed E-state index contributed by atoms with van der Waals surface area (Å²) in [5.41, 5.74) is 0.789. The summed E-state index contributed by atoms with van der Waals surface area (Å²) in [6.45, 7) is 2.54. The third-order valence-corrected chi connectivity index (χ3v) is 3.27. The summed E-state index contributed by atoms with van der Waals surface area (Å²) in [5, 5.41) is 10.7. The van der Waals surface area contributed by atoms with E-state index in [0.29, 0.717) is 19.0 Å². The van der Waals surface area contributed by atoms with Crippen LogP contribution < -0.4 is 9.47 Å². The molecule has 2 aromatic rings. The first kappa shape index (κ1) is 15.3. The quantitative estimate of drug-likeness (QED) is 0.446. The summed E-state index contributed by atoms with van der Waals surface area (Å²) in [6, 6.07) is 12.1. The average Bonchev–Trinajstić information content (AvgIpc) is 2.45. The Balaban J connectivity index is 1.85. The number of rotatable bonds is 6. The molecule has 0 aromatic heterocycles. The van der Waals surface area contributed by atoms with E-state index in [0.717, 1.165) is 15.8 Å². The van der Waals surface area contributed by atoms with Crippen LogP contribution in [0.4, 0.5) is 5.69 Å². The fourth-order valence-corrected chi connectivity index (χ4v) is 2.16. The van der Waals surface area contributed by atoms with E-state index in [-0.39, 0.29) is 5.69 Å². The number of hydrogen-bond donors (Lipinski definition) is 0. The van der Waals surface area contributed by atoms with E-state index in [1.165, 1.54) is 12.1 Å². The average molecular weight is 352 g/mol. The second-order valence-corrected chi connectivity index (χ2v) is 5.28. The number of hydrogen-bond acceptors (Lipinski definition) is 4. The van der Waals surface area contributed by atoms with Crippen molar-refractivity contribution in [2.75, 3.05) is 13.2 Å². The van der Waals surface area contributed by atoms with Crippen LogP contribution in [0.25, 0.3) is 0 Å². The minimum absolute atomic E-state index is 0.0604. The molecule has 0 saturated carbocycles. The van der Waals surface area contributed by atoms with Gasteiger partial charge in [-0.25, -0.2) is 0 Å². The van der Waals surface area contributed by atoms with Crippen LogP contribution in [-0.2, 0) is 0 Å². The highest BCUT2D eigenvalue weighted by molar-refractivity contribution is 9.10. The number of ether oxygens (including phenoxy) is 2. The first-order chi connectivity index (χ1) is 10.1. The Morgan fingerprint density at radius 3 is 2.57 bits per heavy atom. The van der Waals surface area contributed by atoms with Crippen LogP contribution >= 0.6 is 15.9 Å². The number of halogens is 1. The van der Waals surface area contributed by atoms with Crippen molar-refractivity contribution in [1.82, 2.24) is 0 Å². The van der Waals surface area contributed by atoms with Gasteiger partial charge in [-0.1, -0.05) is 22.0 Å². The Morgan fingerprint density at radius 2 is 1.90 bits per heavy atom. The SMILES string of the molecule is Cc1cc([N+](=O)[O-])ccc1OCCOc1cccc(Br)c1. The summed E-state index contributed by atoms with van der Waals surface area (Å²) in [5.74, 6) is 1.38. The zero-order valence-corrected chi connectivity index (χ0v) is 13.0. The largest absolute Gasteiger partial charge is 0.490 e. The summed E-state index contributed by atoms with van der Waals surface area (Å²) < 4.78 is 12.1. The van der Waals surface area contributed by atoms with Crippen molar-refractivity contribution in [3.63, 3.8) is 0 Å². The predicted molar refractivity (Wildman–Crippen MR) is 83.0 cm³/mol. The second-order valence-electron chi connectivity index (χ2n) is 4.36. The van der Waals surface area contributed by atoms with Gasteiger partial charge < -0.3 is 9.47 Å². The lowest BCUT2D eigenvalue weighted by molar-refractivity contribution is -0.384. The van der Waals surface area contributed by atoms with Crippen LogP contribution in [0, 0.1) is 17.0 Å². The molecule has 0 heterocycles. The number of nitro benzene ring substituents is 1. The highest BCUT2D eigenvalue weighted by atomic mass is 79.9. The van der Waals surface area contributed by atoms with Gasteiger partial charge in [0.05, 0.1) is 4.92 Å². The van der Waals surface area contributed by atoms with Crippen LogP contribution in [0.2, 0.25) is 0 Å². The van der Waals surface area contributed by atoms with Crippen LogP contribution in [0.1, 0.15) is 5.56 Å². The Hall–Kier alpha value is -2.08. The Morgan fingerprint density at radius 1 is 1.14 bits per heavy atom. The van der Waals surface area contributed by atoms with Crippen molar-refractivity contribution < 1.29 is 14.4 Å². The molecule has 0 unspecified atom stereocenters. The maximum Gasteiger partial charge on any atom is 0.269 e. The molecule has 0 amide bonds. The van der Waals surface area contributed by atoms with Gasteiger partial charge in [0.15, 0.2) is 0 Å². The highest BCUT2D eigenvalue weighted by Gasteiger charge is 2.08. The highest BCUT2D eigenvalue weighted by Crippen LogP contribution is 2.23. The maximum absolute atomic E-state index is 10.7. The summed E-state index contributed by atoms with van der Waals surface area (Å²) in [4.78, 5) is 10.2. The third kappa shape index (κ3) is 4.46. The maximum atomic E-state index is 10.7. The lowest BCUT2D eigenvalue weighted by Crippen LogP contribution is -2.09. The van der Waals surface area contributed by atoms with Gasteiger partial charge in [-0.3, -0.25) is 10.1 Å². The van der Waals surface area contributed by atoms with Crippen molar-refractivity contribution in [2.24, 2.45) is 0 Å². The van der Waals surface area contributed by atoms with E-state index in [1.54, 1.807) is 13.0 Å². The minimum atomic E-state index is -0.423. The molecule has 0 fully saturated rings. The Kier molecular flexibility index (Phi) is 5.16. The van der Waals surface area contributed by atoms with Gasteiger partial charge in [0.25, 0.3) is 5.69 Å². The summed E-state index contributed by atoms with van der Waals surface area (Å²) in [7, 11) is 0. The van der Waals surface area contributed by atoms with Gasteiger partial charge in [0.2, 0.25) is 0 Å². The number of aryl methyl sites for hydroxylation is 1. The van der Waals surface area contributed by atoms with Crippen LogP contribution in [0.3, 0.4) is 0 Å². The molecule has 2 aromatic carbocycles. The number of nitrogens with zero attached hydrogens (tertiary/aromatic N) is 1. The normalized spacial score (nSPS) is 10.2. The van der Waals surface area contributed by atoms with Crippen LogP contribution in [0.5, 0.6) is 11.5 Å². The summed E-state index contributed by atoms with van der Waals surface area (Å²) in [6.07, 6.45) is 0. The Bertz CT molecular complexity index is 645. The molecule has 5 nitrogen and oxygen atoms in total. The molecule has 110 valence electrons. The molecule has 0 N–H and O–H groups in total. The van der Waals surface area contributed by atoms with Gasteiger partial charge in [-0.05, 0) is 36.8 Å². The van der Waals surface area contributed by atoms with Gasteiger partial charge in [0, 0.05) is 16.6 Å². The van der Waals surface area contributed by atoms with Crippen molar-refractivity contribution in [3.05, 3.63) is 62.6 Å². The zero-order chi connectivity index (χ0) is 15.2. The Labute approximate surface area is 130 Å². The third-order valence-electron chi connectivity index (χ3n) is 2.78. The molecule has 0 atom stereocenters. The molecule has 0 bridgehead atoms. The van der Waals surface area contributed by atoms with E-state index in [1.807, 2.05) is 24.3 Å². The molecular formula is C15H14BrNO4. The van der Waals surface area contributed by atoms with Crippen LogP contribution in [0.15, 0.2) is 46.9 Å². The number of non-ortho nitro benzene ring substituents is 1. The van der Waals surface area contributed by atoms with Crippen LogP contribution in [-0.4, -0.2) is 18.1 Å². The molecule has 0 saturated heterocycles. The molecule has 6 heteroatoms. The number of nitro groups is 1. The molecule has 0 spiro atoms. The fraction of sp³-hybridized carbons (Fsp3) is 0.200. The topological polar surface area (TPSA) is 61.6 Å². The van der Waals surface area contributed by atoms with Gasteiger partial charge >= 0.3 is 0 Å². The van der Waals surface area contributed by atoms with Gasteiger partial charge in [-0.15, -0.1) is 0 Å². The van der Waals surface area contributed by atoms with E-state index in [9.17, 15) is 10.1 Å². The molecular weight excluding hydrogens is 338 g/mol. The van der Waals surface area contributed by atoms with Gasteiger partial charge in [-0.2, -0.15) is 0 Å². The number of benzene rings is 2. The van der Waals surface area contributed by atoms with Crippen molar-refractivity contribution in [2.45, 2.75) is 6.92 Å². The molecule has 2 rings (SSSR count). The minimum Gasteiger partial charge on any atom is -0.490 e. The lowest BCUT2D eigenvalue weighted by atomic mass is 10.2. The zero-order valence-electron chi connectivity index (χ0n) is 11.4. The first-order valence-corrected chi connectivity index (χ1v) is 7.12. The fourth-order valence-electron chi connectivity index (χ4n) is 1.78. The standard InChI is InChI=1S/C15H14BrNO4/c1-11-9-13(17(18)19)5-6-15(11)21-8-7-20-14-4-2-3-12(16)10-14/h2-6,9-10H,7-8H2,1H3. The van der Waals surface area contributed by atoms with Crippen molar-refractivity contribution >= 4 is 21.6 Å².